The molecule has 14 heavy (non-hydrogen) atoms. The minimum absolute atomic E-state index is 0.329. The molecule has 0 spiro atoms. The number of piperidine rings is 1. The van der Waals surface area contributed by atoms with Gasteiger partial charge in [0.25, 0.3) is 0 Å². The molecule has 2 rings (SSSR count). The fourth-order valence-electron chi connectivity index (χ4n) is 1.88. The van der Waals surface area contributed by atoms with Gasteiger partial charge < -0.3 is 15.1 Å². The Kier molecular flexibility index (Phi) is 2.79. The molecular weight excluding hydrogens is 180 g/mol. The van der Waals surface area contributed by atoms with Crippen LogP contribution in [0.1, 0.15) is 30.5 Å². The maximum Gasteiger partial charge on any atom is 0.230 e. The lowest BCUT2D eigenvalue weighted by Crippen LogP contribution is -2.30. The highest BCUT2D eigenvalue weighted by molar-refractivity contribution is 4.94. The van der Waals surface area contributed by atoms with E-state index in [1.807, 2.05) is 0 Å². The third-order valence-corrected chi connectivity index (χ3v) is 2.63. The van der Waals surface area contributed by atoms with Crippen molar-refractivity contribution >= 4 is 0 Å². The van der Waals surface area contributed by atoms with E-state index in [9.17, 15) is 0 Å². The molecule has 1 fully saturated rings. The summed E-state index contributed by atoms with van der Waals surface area (Å²) in [6.45, 7) is 2.50. The first kappa shape index (κ1) is 9.61. The number of hydrogen-bond donors (Lipinski definition) is 1. The minimum Gasteiger partial charge on any atom is -0.424 e. The summed E-state index contributed by atoms with van der Waals surface area (Å²) in [6, 6.07) is 0. The van der Waals surface area contributed by atoms with Gasteiger partial charge in [-0.25, -0.2) is 0 Å². The van der Waals surface area contributed by atoms with Gasteiger partial charge in [0.15, 0.2) is 0 Å². The second kappa shape index (κ2) is 4.06. The van der Waals surface area contributed by atoms with Gasteiger partial charge in [0.2, 0.25) is 11.8 Å². The number of hydrogen-bond acceptors (Lipinski definition) is 5. The van der Waals surface area contributed by atoms with Gasteiger partial charge in [0, 0.05) is 6.54 Å². The van der Waals surface area contributed by atoms with Crippen molar-refractivity contribution < 1.29 is 4.42 Å². The zero-order valence-electron chi connectivity index (χ0n) is 8.44. The van der Waals surface area contributed by atoms with Crippen molar-refractivity contribution in [1.82, 2.24) is 15.1 Å². The molecule has 0 radical (unpaired) electrons. The molecule has 0 saturated carbocycles. The number of nitrogens with two attached hydrogens (primary N) is 1. The highest BCUT2D eigenvalue weighted by Gasteiger charge is 2.23. The van der Waals surface area contributed by atoms with Crippen LogP contribution in [0.2, 0.25) is 0 Å². The largest absolute Gasteiger partial charge is 0.424 e. The molecule has 1 aliphatic heterocycles. The number of likely N-dealkylation sites (N-methyl/N-ethyl adjacent to an activating group) is 1. The first-order valence-electron chi connectivity index (χ1n) is 5.00. The topological polar surface area (TPSA) is 68.2 Å². The molecule has 5 nitrogen and oxygen atoms in total. The molecule has 2 heterocycles. The normalized spacial score (nSPS) is 24.0. The zero-order chi connectivity index (χ0) is 9.97. The molecular formula is C9H16N4O. The van der Waals surface area contributed by atoms with Gasteiger partial charge in [-0.15, -0.1) is 10.2 Å². The summed E-state index contributed by atoms with van der Waals surface area (Å²) >= 11 is 0. The standard InChI is InChI=1S/C9H16N4O/c1-13-4-2-3-7(6-13)9-12-11-8(5-10)14-9/h7H,2-6,10H2,1H3/t7-/m1/s1. The van der Waals surface area contributed by atoms with Crippen molar-refractivity contribution in [1.29, 1.82) is 0 Å². The minimum atomic E-state index is 0.329. The summed E-state index contributed by atoms with van der Waals surface area (Å²) < 4.78 is 5.45. The summed E-state index contributed by atoms with van der Waals surface area (Å²) in [6.07, 6.45) is 2.33. The van der Waals surface area contributed by atoms with E-state index in [-0.39, 0.29) is 0 Å². The molecule has 0 aliphatic carbocycles. The lowest BCUT2D eigenvalue weighted by atomic mass is 9.99. The molecule has 1 aromatic rings. The Morgan fingerprint density at radius 3 is 3.07 bits per heavy atom. The third-order valence-electron chi connectivity index (χ3n) is 2.63. The van der Waals surface area contributed by atoms with Gasteiger partial charge in [-0.2, -0.15) is 0 Å². The maximum atomic E-state index is 5.45. The monoisotopic (exact) mass is 196 g/mol. The van der Waals surface area contributed by atoms with Crippen LogP contribution < -0.4 is 5.73 Å². The summed E-state index contributed by atoms with van der Waals surface area (Å²) in [5.41, 5.74) is 5.41. The van der Waals surface area contributed by atoms with Crippen LogP contribution >= 0.6 is 0 Å². The van der Waals surface area contributed by atoms with Crippen LogP contribution in [0.5, 0.6) is 0 Å². The maximum absolute atomic E-state index is 5.45. The second-order valence-electron chi connectivity index (χ2n) is 3.84. The van der Waals surface area contributed by atoms with E-state index in [2.05, 4.69) is 22.1 Å². The van der Waals surface area contributed by atoms with E-state index >= 15 is 0 Å². The van der Waals surface area contributed by atoms with Gasteiger partial charge >= 0.3 is 0 Å². The van der Waals surface area contributed by atoms with Gasteiger partial charge in [-0.05, 0) is 26.4 Å². The zero-order valence-corrected chi connectivity index (χ0v) is 8.44. The Morgan fingerprint density at radius 1 is 1.57 bits per heavy atom. The van der Waals surface area contributed by atoms with Crippen molar-refractivity contribution in [3.05, 3.63) is 11.8 Å². The van der Waals surface area contributed by atoms with Crippen LogP contribution in [0.3, 0.4) is 0 Å². The van der Waals surface area contributed by atoms with Crippen LogP contribution in [-0.2, 0) is 6.54 Å². The van der Waals surface area contributed by atoms with Crippen molar-refractivity contribution in [2.45, 2.75) is 25.3 Å². The number of nitrogens with zero attached hydrogens (tertiary/aromatic N) is 3. The molecule has 1 aromatic heterocycles. The summed E-state index contributed by atoms with van der Waals surface area (Å²) in [5.74, 6) is 1.67. The van der Waals surface area contributed by atoms with E-state index in [0.717, 1.165) is 25.4 Å². The van der Waals surface area contributed by atoms with Crippen LogP contribution in [0, 0.1) is 0 Å². The van der Waals surface area contributed by atoms with E-state index in [1.165, 1.54) is 6.42 Å². The Hall–Kier alpha value is -0.940. The predicted molar refractivity (Wildman–Crippen MR) is 51.7 cm³/mol. The fraction of sp³-hybridized carbons (Fsp3) is 0.778. The van der Waals surface area contributed by atoms with Gasteiger partial charge in [0.05, 0.1) is 12.5 Å². The predicted octanol–water partition coefficient (Wildman–Crippen LogP) is 0.338. The average molecular weight is 196 g/mol. The van der Waals surface area contributed by atoms with Crippen LogP contribution in [0.25, 0.3) is 0 Å². The molecule has 0 aromatic carbocycles. The Bertz CT molecular complexity index is 299. The molecule has 5 heteroatoms. The number of aromatic nitrogens is 2. The molecule has 1 aliphatic rings. The van der Waals surface area contributed by atoms with E-state index < -0.39 is 0 Å². The summed E-state index contributed by atoms with van der Waals surface area (Å²) in [4.78, 5) is 2.29. The average Bonchev–Trinajstić information content (AvgIpc) is 2.66. The van der Waals surface area contributed by atoms with Crippen molar-refractivity contribution in [3.63, 3.8) is 0 Å². The number of likely N-dealkylation sites (tertiary alicyclic amines) is 1. The van der Waals surface area contributed by atoms with Crippen molar-refractivity contribution in [2.75, 3.05) is 20.1 Å². The van der Waals surface area contributed by atoms with Crippen molar-refractivity contribution in [3.8, 4) is 0 Å². The molecule has 1 saturated heterocycles. The molecule has 2 N–H and O–H groups in total. The van der Waals surface area contributed by atoms with Gasteiger partial charge in [0.1, 0.15) is 0 Å². The quantitative estimate of drug-likeness (QED) is 0.738. The Balaban J connectivity index is 2.06. The second-order valence-corrected chi connectivity index (χ2v) is 3.84. The molecule has 1 atom stereocenters. The first-order valence-corrected chi connectivity index (χ1v) is 5.00. The molecule has 0 amide bonds. The van der Waals surface area contributed by atoms with Gasteiger partial charge in [-0.1, -0.05) is 0 Å². The van der Waals surface area contributed by atoms with Gasteiger partial charge in [-0.3, -0.25) is 0 Å². The summed E-state index contributed by atoms with van der Waals surface area (Å²) in [7, 11) is 2.12. The Morgan fingerprint density at radius 2 is 2.43 bits per heavy atom. The highest BCUT2D eigenvalue weighted by atomic mass is 16.4. The van der Waals surface area contributed by atoms with Crippen molar-refractivity contribution in [2.24, 2.45) is 5.73 Å². The van der Waals surface area contributed by atoms with Crippen LogP contribution in [0.15, 0.2) is 4.42 Å². The van der Waals surface area contributed by atoms with E-state index in [4.69, 9.17) is 10.2 Å². The number of rotatable bonds is 2. The fourth-order valence-corrected chi connectivity index (χ4v) is 1.88. The van der Waals surface area contributed by atoms with Crippen LogP contribution in [-0.4, -0.2) is 35.2 Å². The molecule has 0 unspecified atom stereocenters. The molecule has 0 bridgehead atoms. The third kappa shape index (κ3) is 1.93. The molecule has 78 valence electrons. The van der Waals surface area contributed by atoms with Crippen LogP contribution in [0.4, 0.5) is 0 Å². The summed E-state index contributed by atoms with van der Waals surface area (Å²) in [5, 5.41) is 7.90. The lowest BCUT2D eigenvalue weighted by Gasteiger charge is -2.27. The van der Waals surface area contributed by atoms with E-state index in [1.54, 1.807) is 0 Å². The Labute approximate surface area is 83.3 Å². The lowest BCUT2D eigenvalue weighted by molar-refractivity contribution is 0.228. The SMILES string of the molecule is CN1CCC[C@@H](c2nnc(CN)o2)C1. The smallest absolute Gasteiger partial charge is 0.230 e. The first-order chi connectivity index (χ1) is 6.79. The van der Waals surface area contributed by atoms with E-state index in [0.29, 0.717) is 18.4 Å². The highest BCUT2D eigenvalue weighted by Crippen LogP contribution is 2.24.